The molecule has 0 spiro atoms. The van der Waals surface area contributed by atoms with Gasteiger partial charge in [0.15, 0.2) is 5.69 Å². The Labute approximate surface area is 218 Å². The zero-order chi connectivity index (χ0) is 27.0. The number of halogens is 3. The summed E-state index contributed by atoms with van der Waals surface area (Å²) < 4.78 is 55.5. The Morgan fingerprint density at radius 2 is 1.53 bits per heavy atom. The van der Waals surface area contributed by atoms with Gasteiger partial charge in [0.2, 0.25) is 0 Å². The van der Waals surface area contributed by atoms with Crippen LogP contribution in [-0.2, 0) is 32.7 Å². The summed E-state index contributed by atoms with van der Waals surface area (Å²) in [5.41, 5.74) is 1.97. The first-order chi connectivity index (χ1) is 18.2. The van der Waals surface area contributed by atoms with E-state index in [9.17, 15) is 18.0 Å². The van der Waals surface area contributed by atoms with E-state index in [1.54, 1.807) is 37.3 Å². The molecule has 1 aliphatic heterocycles. The van der Waals surface area contributed by atoms with E-state index >= 15 is 0 Å². The van der Waals surface area contributed by atoms with Gasteiger partial charge in [-0.3, -0.25) is 9.48 Å². The summed E-state index contributed by atoms with van der Waals surface area (Å²) >= 11 is 0. The van der Waals surface area contributed by atoms with Crippen molar-refractivity contribution in [3.63, 3.8) is 0 Å². The van der Waals surface area contributed by atoms with Crippen molar-refractivity contribution in [2.45, 2.75) is 25.7 Å². The second-order valence-electron chi connectivity index (χ2n) is 9.29. The lowest BCUT2D eigenvalue weighted by atomic mass is 9.88. The molecule has 198 valence electrons. The van der Waals surface area contributed by atoms with E-state index in [4.69, 9.17) is 9.47 Å². The summed E-state index contributed by atoms with van der Waals surface area (Å²) in [6.07, 6.45) is 0.893. The van der Waals surface area contributed by atoms with Crippen LogP contribution in [0.1, 0.15) is 32.7 Å². The third-order valence-electron chi connectivity index (χ3n) is 6.66. The van der Waals surface area contributed by atoms with E-state index in [-0.39, 0.29) is 11.5 Å². The van der Waals surface area contributed by atoms with Crippen molar-refractivity contribution in [2.24, 2.45) is 7.05 Å². The quantitative estimate of drug-likeness (QED) is 0.335. The molecule has 0 radical (unpaired) electrons. The molecule has 7 nitrogen and oxygen atoms in total. The summed E-state index contributed by atoms with van der Waals surface area (Å²) in [4.78, 5) is 15.5. The average molecular weight is 525 g/mol. The molecule has 4 aromatic rings. The third-order valence-corrected chi connectivity index (χ3v) is 6.66. The second kappa shape index (κ2) is 9.92. The first-order valence-electron chi connectivity index (χ1n) is 12.0. The Morgan fingerprint density at radius 1 is 0.895 bits per heavy atom. The fourth-order valence-corrected chi connectivity index (χ4v) is 4.95. The maximum Gasteiger partial charge on any atom is 0.435 e. The molecule has 2 aromatic heterocycles. The Hall–Kier alpha value is -4.21. The fourth-order valence-electron chi connectivity index (χ4n) is 4.95. The minimum absolute atomic E-state index is 0.0237. The van der Waals surface area contributed by atoms with Crippen LogP contribution in [0.2, 0.25) is 0 Å². The van der Waals surface area contributed by atoms with Crippen LogP contribution in [-0.4, -0.2) is 45.9 Å². The molecule has 1 amide bonds. The van der Waals surface area contributed by atoms with Crippen LogP contribution in [0, 0.1) is 0 Å². The fraction of sp³-hybridized carbons (Fsp3) is 0.286. The number of hydrogen-bond acceptors (Lipinski definition) is 4. The Morgan fingerprint density at radius 3 is 2.16 bits per heavy atom. The van der Waals surface area contributed by atoms with E-state index in [2.05, 4.69) is 5.10 Å². The van der Waals surface area contributed by atoms with Crippen molar-refractivity contribution in [1.29, 1.82) is 0 Å². The zero-order valence-corrected chi connectivity index (χ0v) is 21.2. The van der Waals surface area contributed by atoms with E-state index in [1.807, 2.05) is 41.2 Å². The molecule has 0 atom stereocenters. The molecule has 38 heavy (non-hydrogen) atoms. The number of nitrogens with zero attached hydrogens (tertiary/aromatic N) is 4. The number of alkyl halides is 3. The number of aryl methyl sites for hydroxylation is 1. The normalized spacial score (nSPS) is 13.5. The highest BCUT2D eigenvalue weighted by molar-refractivity contribution is 5.99. The molecule has 0 fully saturated rings. The molecule has 0 N–H and O–H groups in total. The van der Waals surface area contributed by atoms with Crippen molar-refractivity contribution >= 4 is 5.91 Å². The van der Waals surface area contributed by atoms with Crippen LogP contribution in [0.15, 0.2) is 61.1 Å². The van der Waals surface area contributed by atoms with E-state index in [1.165, 1.54) is 13.2 Å². The Kier molecular flexibility index (Phi) is 6.64. The number of amides is 1. The van der Waals surface area contributed by atoms with Gasteiger partial charge in [0.05, 0.1) is 14.2 Å². The lowest BCUT2D eigenvalue weighted by Gasteiger charge is -2.31. The zero-order valence-electron chi connectivity index (χ0n) is 21.2. The van der Waals surface area contributed by atoms with Crippen LogP contribution in [0.4, 0.5) is 13.2 Å². The summed E-state index contributed by atoms with van der Waals surface area (Å²) in [5.74, 6) is 0.981. The van der Waals surface area contributed by atoms with Gasteiger partial charge in [-0.15, -0.1) is 0 Å². The number of aromatic nitrogens is 3. The number of carbonyl (C=O) groups is 1. The van der Waals surface area contributed by atoms with Crippen molar-refractivity contribution in [3.05, 3.63) is 89.0 Å². The van der Waals surface area contributed by atoms with Gasteiger partial charge in [-0.25, -0.2) is 0 Å². The number of fused-ring (bicyclic) bond motifs is 1. The minimum Gasteiger partial charge on any atom is -0.497 e. The molecule has 10 heteroatoms. The van der Waals surface area contributed by atoms with Gasteiger partial charge in [-0.05, 0) is 65.1 Å². The van der Waals surface area contributed by atoms with Crippen LogP contribution in [0.3, 0.4) is 0 Å². The highest BCUT2D eigenvalue weighted by Gasteiger charge is 2.39. The van der Waals surface area contributed by atoms with Crippen LogP contribution in [0.25, 0.3) is 11.1 Å². The van der Waals surface area contributed by atoms with Gasteiger partial charge in [-0.1, -0.05) is 0 Å². The SMILES string of the molecule is COc1cc(CN2CCc3c(cc(Cn4cccc4)cc3-c3cn(C)nc3C(F)(F)F)C2=O)cc(OC)c1. The molecule has 5 rings (SSSR count). The molecule has 0 unspecified atom stereocenters. The highest BCUT2D eigenvalue weighted by Crippen LogP contribution is 2.40. The maximum atomic E-state index is 13.9. The number of benzene rings is 2. The van der Waals surface area contributed by atoms with Crippen molar-refractivity contribution < 1.29 is 27.4 Å². The van der Waals surface area contributed by atoms with Crippen molar-refractivity contribution in [2.75, 3.05) is 20.8 Å². The van der Waals surface area contributed by atoms with Crippen LogP contribution in [0.5, 0.6) is 11.5 Å². The molecule has 1 aliphatic rings. The van der Waals surface area contributed by atoms with E-state index in [0.29, 0.717) is 54.2 Å². The minimum atomic E-state index is -4.63. The van der Waals surface area contributed by atoms with Gasteiger partial charge >= 0.3 is 6.18 Å². The van der Waals surface area contributed by atoms with Crippen LogP contribution >= 0.6 is 0 Å². The van der Waals surface area contributed by atoms with Crippen molar-refractivity contribution in [1.82, 2.24) is 19.2 Å². The monoisotopic (exact) mass is 524 g/mol. The molecule has 3 heterocycles. The second-order valence-corrected chi connectivity index (χ2v) is 9.29. The van der Waals surface area contributed by atoms with Gasteiger partial charge in [0.1, 0.15) is 11.5 Å². The molecule has 0 saturated heterocycles. The smallest absolute Gasteiger partial charge is 0.435 e. The summed E-state index contributed by atoms with van der Waals surface area (Å²) in [6.45, 7) is 1.08. The van der Waals surface area contributed by atoms with Gasteiger partial charge in [0, 0.05) is 62.5 Å². The predicted molar refractivity (Wildman–Crippen MR) is 135 cm³/mol. The van der Waals surface area contributed by atoms with Gasteiger partial charge < -0.3 is 18.9 Å². The molecule has 0 saturated carbocycles. The van der Waals surface area contributed by atoms with E-state index in [0.717, 1.165) is 15.8 Å². The Balaban J connectivity index is 1.58. The number of methoxy groups -OCH3 is 2. The molecule has 0 bridgehead atoms. The molecule has 0 aliphatic carbocycles. The maximum absolute atomic E-state index is 13.9. The first-order valence-corrected chi connectivity index (χ1v) is 12.0. The molecular weight excluding hydrogens is 497 g/mol. The highest BCUT2D eigenvalue weighted by atomic mass is 19.4. The number of carbonyl (C=O) groups excluding carboxylic acids is 1. The molecular formula is C28H27F3N4O3. The number of ether oxygens (including phenoxy) is 2. The predicted octanol–water partition coefficient (Wildman–Crippen LogP) is 5.17. The standard InChI is InChI=1S/C28H27F3N4O3/c1-33-17-25(26(32-33)28(29,30)31)23-12-19(15-34-7-4-5-8-34)13-24-22(23)6-9-35(27(24)36)16-18-10-20(37-2)14-21(11-18)38-3/h4-5,7-8,10-14,17H,6,9,15-16H2,1-3H3. The number of rotatable bonds is 7. The summed E-state index contributed by atoms with van der Waals surface area (Å²) in [7, 11) is 4.58. The van der Waals surface area contributed by atoms with E-state index < -0.39 is 11.9 Å². The first kappa shape index (κ1) is 25.4. The number of hydrogen-bond donors (Lipinski definition) is 0. The van der Waals surface area contributed by atoms with Crippen molar-refractivity contribution in [3.8, 4) is 22.6 Å². The molecule has 2 aromatic carbocycles. The van der Waals surface area contributed by atoms with Gasteiger partial charge in [-0.2, -0.15) is 18.3 Å². The van der Waals surface area contributed by atoms with Crippen LogP contribution < -0.4 is 9.47 Å². The lowest BCUT2D eigenvalue weighted by Crippen LogP contribution is -2.37. The Bertz CT molecular complexity index is 1450. The topological polar surface area (TPSA) is 61.5 Å². The average Bonchev–Trinajstić information content (AvgIpc) is 3.54. The third kappa shape index (κ3) is 4.98. The summed E-state index contributed by atoms with van der Waals surface area (Å²) in [5, 5.41) is 3.70. The largest absolute Gasteiger partial charge is 0.497 e. The van der Waals surface area contributed by atoms with Gasteiger partial charge in [0.25, 0.3) is 5.91 Å². The summed E-state index contributed by atoms with van der Waals surface area (Å²) in [6, 6.07) is 12.7. The lowest BCUT2D eigenvalue weighted by molar-refractivity contribution is -0.140.